The van der Waals surface area contributed by atoms with Crippen LogP contribution in [0.2, 0.25) is 0 Å². The van der Waals surface area contributed by atoms with E-state index >= 15 is 0 Å². The highest BCUT2D eigenvalue weighted by molar-refractivity contribution is 5.77. The van der Waals surface area contributed by atoms with Crippen LogP contribution in [0.15, 0.2) is 42.5 Å². The van der Waals surface area contributed by atoms with Crippen LogP contribution in [0.3, 0.4) is 0 Å². The standard InChI is InChI=1S/C19H23NO2/c1-14-6-9-17(10-7-14)12-20(4)19(21)13-22-18-11-15(2)5-8-16(18)3/h5-11H,12-13H2,1-4H3. The molecular formula is C19H23NO2. The van der Waals surface area contributed by atoms with Crippen LogP contribution >= 0.6 is 0 Å². The van der Waals surface area contributed by atoms with Gasteiger partial charge in [0.05, 0.1) is 0 Å². The normalized spacial score (nSPS) is 10.4. The summed E-state index contributed by atoms with van der Waals surface area (Å²) >= 11 is 0. The second-order valence-electron chi connectivity index (χ2n) is 5.79. The average molecular weight is 297 g/mol. The van der Waals surface area contributed by atoms with Crippen LogP contribution in [0.1, 0.15) is 22.3 Å². The second-order valence-corrected chi connectivity index (χ2v) is 5.79. The van der Waals surface area contributed by atoms with E-state index in [2.05, 4.69) is 19.1 Å². The predicted octanol–water partition coefficient (Wildman–Crippen LogP) is 3.65. The first-order valence-electron chi connectivity index (χ1n) is 7.45. The first-order chi connectivity index (χ1) is 10.5. The van der Waals surface area contributed by atoms with Crippen molar-refractivity contribution in [3.8, 4) is 5.75 Å². The molecule has 0 saturated heterocycles. The van der Waals surface area contributed by atoms with Crippen molar-refractivity contribution in [2.45, 2.75) is 27.3 Å². The van der Waals surface area contributed by atoms with E-state index in [0.717, 1.165) is 22.4 Å². The highest BCUT2D eigenvalue weighted by atomic mass is 16.5. The van der Waals surface area contributed by atoms with Crippen molar-refractivity contribution in [1.29, 1.82) is 0 Å². The Labute approximate surface area is 132 Å². The summed E-state index contributed by atoms with van der Waals surface area (Å²) in [6, 6.07) is 14.2. The highest BCUT2D eigenvalue weighted by Crippen LogP contribution is 2.19. The molecule has 0 radical (unpaired) electrons. The average Bonchev–Trinajstić information content (AvgIpc) is 2.50. The number of ether oxygens (including phenoxy) is 1. The van der Waals surface area contributed by atoms with Gasteiger partial charge in [-0.25, -0.2) is 0 Å². The largest absolute Gasteiger partial charge is 0.483 e. The van der Waals surface area contributed by atoms with E-state index < -0.39 is 0 Å². The van der Waals surface area contributed by atoms with Crippen molar-refractivity contribution in [1.82, 2.24) is 4.90 Å². The molecule has 2 rings (SSSR count). The van der Waals surface area contributed by atoms with Gasteiger partial charge < -0.3 is 9.64 Å². The van der Waals surface area contributed by atoms with Crippen LogP contribution in [0.25, 0.3) is 0 Å². The van der Waals surface area contributed by atoms with Crippen molar-refractivity contribution in [3.05, 3.63) is 64.7 Å². The maximum absolute atomic E-state index is 12.2. The van der Waals surface area contributed by atoms with Crippen molar-refractivity contribution >= 4 is 5.91 Å². The minimum Gasteiger partial charge on any atom is -0.483 e. The zero-order chi connectivity index (χ0) is 16.1. The lowest BCUT2D eigenvalue weighted by molar-refractivity contribution is -0.132. The number of amides is 1. The first kappa shape index (κ1) is 16.1. The smallest absolute Gasteiger partial charge is 0.260 e. The number of benzene rings is 2. The summed E-state index contributed by atoms with van der Waals surface area (Å²) in [6.07, 6.45) is 0. The van der Waals surface area contributed by atoms with Gasteiger partial charge in [0.25, 0.3) is 5.91 Å². The molecule has 2 aromatic carbocycles. The lowest BCUT2D eigenvalue weighted by Gasteiger charge is -2.18. The number of likely N-dealkylation sites (N-methyl/N-ethyl adjacent to an activating group) is 1. The van der Waals surface area contributed by atoms with E-state index in [1.54, 1.807) is 11.9 Å². The van der Waals surface area contributed by atoms with Gasteiger partial charge in [-0.05, 0) is 43.5 Å². The summed E-state index contributed by atoms with van der Waals surface area (Å²) in [4.78, 5) is 13.9. The molecule has 0 fully saturated rings. The fourth-order valence-corrected chi connectivity index (χ4v) is 2.17. The predicted molar refractivity (Wildman–Crippen MR) is 89.1 cm³/mol. The molecule has 0 aliphatic rings. The third kappa shape index (κ3) is 4.35. The van der Waals surface area contributed by atoms with Crippen molar-refractivity contribution in [2.24, 2.45) is 0 Å². The topological polar surface area (TPSA) is 29.5 Å². The Balaban J connectivity index is 1.91. The molecule has 0 atom stereocenters. The lowest BCUT2D eigenvalue weighted by atomic mass is 10.1. The van der Waals surface area contributed by atoms with Gasteiger partial charge in [-0.15, -0.1) is 0 Å². The van der Waals surface area contributed by atoms with Crippen molar-refractivity contribution < 1.29 is 9.53 Å². The van der Waals surface area contributed by atoms with E-state index in [-0.39, 0.29) is 12.5 Å². The Hall–Kier alpha value is -2.29. The Bertz CT molecular complexity index is 647. The van der Waals surface area contributed by atoms with E-state index in [1.165, 1.54) is 5.56 Å². The SMILES string of the molecule is Cc1ccc(CN(C)C(=O)COc2cc(C)ccc2C)cc1. The summed E-state index contributed by atoms with van der Waals surface area (Å²) < 4.78 is 5.67. The molecule has 0 spiro atoms. The monoisotopic (exact) mass is 297 g/mol. The molecule has 0 heterocycles. The molecule has 1 amide bonds. The fraction of sp³-hybridized carbons (Fsp3) is 0.316. The third-order valence-corrected chi connectivity index (χ3v) is 3.66. The van der Waals surface area contributed by atoms with Crippen molar-refractivity contribution in [3.63, 3.8) is 0 Å². The van der Waals surface area contributed by atoms with Crippen molar-refractivity contribution in [2.75, 3.05) is 13.7 Å². The summed E-state index contributed by atoms with van der Waals surface area (Å²) in [7, 11) is 1.80. The van der Waals surface area contributed by atoms with Crippen LogP contribution in [-0.2, 0) is 11.3 Å². The van der Waals surface area contributed by atoms with Gasteiger partial charge in [0.2, 0.25) is 0 Å². The van der Waals surface area contributed by atoms with Crippen LogP contribution < -0.4 is 4.74 Å². The van der Waals surface area contributed by atoms with Crippen LogP contribution in [0.5, 0.6) is 5.75 Å². The Morgan fingerprint density at radius 2 is 1.64 bits per heavy atom. The molecule has 116 valence electrons. The molecule has 0 bridgehead atoms. The zero-order valence-electron chi connectivity index (χ0n) is 13.7. The zero-order valence-corrected chi connectivity index (χ0v) is 13.7. The maximum Gasteiger partial charge on any atom is 0.260 e. The molecule has 0 unspecified atom stereocenters. The molecule has 0 saturated carbocycles. The van der Waals surface area contributed by atoms with Crippen LogP contribution in [0.4, 0.5) is 0 Å². The highest BCUT2D eigenvalue weighted by Gasteiger charge is 2.11. The Morgan fingerprint density at radius 3 is 2.32 bits per heavy atom. The molecule has 0 aliphatic heterocycles. The summed E-state index contributed by atoms with van der Waals surface area (Å²) in [6.45, 7) is 6.70. The van der Waals surface area contributed by atoms with E-state index in [4.69, 9.17) is 4.74 Å². The number of hydrogen-bond acceptors (Lipinski definition) is 2. The molecule has 0 aliphatic carbocycles. The fourth-order valence-electron chi connectivity index (χ4n) is 2.17. The molecule has 3 nitrogen and oxygen atoms in total. The summed E-state index contributed by atoms with van der Waals surface area (Å²) in [5.41, 5.74) is 4.50. The van der Waals surface area contributed by atoms with Crippen LogP contribution in [-0.4, -0.2) is 24.5 Å². The van der Waals surface area contributed by atoms with Gasteiger partial charge in [0, 0.05) is 13.6 Å². The summed E-state index contributed by atoms with van der Waals surface area (Å²) in [5.74, 6) is 0.749. The van der Waals surface area contributed by atoms with Crippen LogP contribution in [0, 0.1) is 20.8 Å². The molecule has 0 N–H and O–H groups in total. The molecule has 2 aromatic rings. The van der Waals surface area contributed by atoms with Gasteiger partial charge in [-0.1, -0.05) is 42.0 Å². The minimum atomic E-state index is -0.0264. The molecule has 3 heteroatoms. The lowest BCUT2D eigenvalue weighted by Crippen LogP contribution is -2.31. The van der Waals surface area contributed by atoms with Gasteiger partial charge >= 0.3 is 0 Å². The maximum atomic E-state index is 12.2. The number of aryl methyl sites for hydroxylation is 3. The van der Waals surface area contributed by atoms with E-state index in [9.17, 15) is 4.79 Å². The van der Waals surface area contributed by atoms with Gasteiger partial charge in [0.15, 0.2) is 6.61 Å². The number of carbonyl (C=O) groups is 1. The molecule has 0 aromatic heterocycles. The van der Waals surface area contributed by atoms with Gasteiger partial charge in [-0.2, -0.15) is 0 Å². The van der Waals surface area contributed by atoms with E-state index in [0.29, 0.717) is 6.54 Å². The third-order valence-electron chi connectivity index (χ3n) is 3.66. The first-order valence-corrected chi connectivity index (χ1v) is 7.45. The molecule has 22 heavy (non-hydrogen) atoms. The quantitative estimate of drug-likeness (QED) is 0.843. The van der Waals surface area contributed by atoms with Gasteiger partial charge in [0.1, 0.15) is 5.75 Å². The number of hydrogen-bond donors (Lipinski definition) is 0. The molecular weight excluding hydrogens is 274 g/mol. The Morgan fingerprint density at radius 1 is 1.00 bits per heavy atom. The van der Waals surface area contributed by atoms with E-state index in [1.807, 2.05) is 44.2 Å². The van der Waals surface area contributed by atoms with Gasteiger partial charge in [-0.3, -0.25) is 4.79 Å². The number of nitrogens with zero attached hydrogens (tertiary/aromatic N) is 1. The number of carbonyl (C=O) groups excluding carboxylic acids is 1. The second kappa shape index (κ2) is 7.12. The Kier molecular flexibility index (Phi) is 5.21. The minimum absolute atomic E-state index is 0.0264. The summed E-state index contributed by atoms with van der Waals surface area (Å²) in [5, 5.41) is 0. The number of rotatable bonds is 5.